The number of hydrogen-bond acceptors (Lipinski definition) is 5. The lowest BCUT2D eigenvalue weighted by Gasteiger charge is -2.29. The van der Waals surface area contributed by atoms with Crippen LogP contribution in [-0.2, 0) is 25.6 Å². The normalized spacial score (nSPS) is 20.8. The third kappa shape index (κ3) is 4.71. The largest absolute Gasteiger partial charge is 0.467 e. The highest BCUT2D eigenvalue weighted by Crippen LogP contribution is 2.25. The van der Waals surface area contributed by atoms with Gasteiger partial charge in [0.1, 0.15) is 5.60 Å². The molecule has 1 heterocycles. The van der Waals surface area contributed by atoms with Crippen LogP contribution in [0.3, 0.4) is 0 Å². The Morgan fingerprint density at radius 2 is 1.88 bits per heavy atom. The van der Waals surface area contributed by atoms with Crippen LogP contribution in [0.15, 0.2) is 30.3 Å². The topological polar surface area (TPSA) is 65.1 Å². The van der Waals surface area contributed by atoms with Crippen LogP contribution in [0.1, 0.15) is 32.8 Å². The van der Waals surface area contributed by atoms with Gasteiger partial charge in [0, 0.05) is 6.54 Å². The van der Waals surface area contributed by atoms with Gasteiger partial charge in [0.05, 0.1) is 19.8 Å². The monoisotopic (exact) mass is 335 g/mol. The van der Waals surface area contributed by atoms with Crippen molar-refractivity contribution in [2.45, 2.75) is 51.5 Å². The molecule has 1 amide bonds. The Morgan fingerprint density at radius 1 is 1.21 bits per heavy atom. The molecule has 1 fully saturated rings. The molecule has 0 N–H and O–H groups in total. The van der Waals surface area contributed by atoms with E-state index in [1.54, 1.807) is 20.8 Å². The highest BCUT2D eigenvalue weighted by molar-refractivity contribution is 5.83. The van der Waals surface area contributed by atoms with E-state index in [9.17, 15) is 9.59 Å². The number of benzene rings is 1. The van der Waals surface area contributed by atoms with Gasteiger partial charge in [-0.3, -0.25) is 4.90 Å². The summed E-state index contributed by atoms with van der Waals surface area (Å²) >= 11 is 0. The summed E-state index contributed by atoms with van der Waals surface area (Å²) in [4.78, 5) is 25.9. The molecule has 0 spiro atoms. The molecule has 2 atom stereocenters. The first kappa shape index (κ1) is 18.3. The molecule has 1 aromatic carbocycles. The zero-order valence-corrected chi connectivity index (χ0v) is 14.7. The maximum Gasteiger partial charge on any atom is 0.411 e. The zero-order valence-electron chi connectivity index (χ0n) is 14.7. The average Bonchev–Trinajstić information content (AvgIpc) is 2.95. The van der Waals surface area contributed by atoms with Crippen molar-refractivity contribution in [2.24, 2.45) is 0 Å². The van der Waals surface area contributed by atoms with Crippen molar-refractivity contribution in [3.8, 4) is 0 Å². The molecule has 0 bridgehead atoms. The van der Waals surface area contributed by atoms with Gasteiger partial charge in [0.2, 0.25) is 0 Å². The fraction of sp³-hybridized carbons (Fsp3) is 0.556. The van der Waals surface area contributed by atoms with Crippen LogP contribution < -0.4 is 0 Å². The third-order valence-electron chi connectivity index (χ3n) is 3.72. The van der Waals surface area contributed by atoms with Gasteiger partial charge in [0.25, 0.3) is 0 Å². The Kier molecular flexibility index (Phi) is 5.83. The Labute approximate surface area is 142 Å². The predicted octanol–water partition coefficient (Wildman–Crippen LogP) is 2.75. The molecule has 24 heavy (non-hydrogen) atoms. The lowest BCUT2D eigenvalue weighted by molar-refractivity contribution is -0.150. The quantitative estimate of drug-likeness (QED) is 0.792. The average molecular weight is 335 g/mol. The molecule has 1 aliphatic rings. The van der Waals surface area contributed by atoms with E-state index in [1.165, 1.54) is 12.0 Å². The molecule has 1 saturated heterocycles. The molecule has 2 unspecified atom stereocenters. The number of nitrogens with zero attached hydrogens (tertiary/aromatic N) is 1. The first-order chi connectivity index (χ1) is 11.3. The molecule has 2 rings (SSSR count). The molecular formula is C18H25NO5. The number of methoxy groups -OCH3 is 1. The van der Waals surface area contributed by atoms with Crippen molar-refractivity contribution in [3.63, 3.8) is 0 Å². The van der Waals surface area contributed by atoms with E-state index in [0.29, 0.717) is 19.6 Å². The second-order valence-electron chi connectivity index (χ2n) is 6.77. The molecular weight excluding hydrogens is 310 g/mol. The zero-order chi connectivity index (χ0) is 17.7. The summed E-state index contributed by atoms with van der Waals surface area (Å²) in [7, 11) is 1.31. The van der Waals surface area contributed by atoms with E-state index in [-0.39, 0.29) is 0 Å². The van der Waals surface area contributed by atoms with Crippen LogP contribution >= 0.6 is 0 Å². The van der Waals surface area contributed by atoms with Gasteiger partial charge >= 0.3 is 12.1 Å². The van der Waals surface area contributed by atoms with Gasteiger partial charge in [-0.2, -0.15) is 0 Å². The third-order valence-corrected chi connectivity index (χ3v) is 3.72. The number of hydrogen-bond donors (Lipinski definition) is 0. The fourth-order valence-corrected chi connectivity index (χ4v) is 2.64. The molecule has 0 saturated carbocycles. The first-order valence-corrected chi connectivity index (χ1v) is 8.05. The number of carbonyl (C=O) groups is 2. The lowest BCUT2D eigenvalue weighted by Crippen LogP contribution is -2.48. The standard InChI is InChI=1S/C18H25NO5/c1-18(2,3)24-17(21)19-11-10-14(15(19)16(20)22-4)23-12-13-8-6-5-7-9-13/h5-9,14-15H,10-12H2,1-4H3. The summed E-state index contributed by atoms with van der Waals surface area (Å²) < 4.78 is 16.1. The van der Waals surface area contributed by atoms with E-state index in [4.69, 9.17) is 14.2 Å². The molecule has 1 aliphatic heterocycles. The molecule has 0 aliphatic carbocycles. The maximum atomic E-state index is 12.4. The smallest absolute Gasteiger partial charge is 0.411 e. The minimum Gasteiger partial charge on any atom is -0.467 e. The van der Waals surface area contributed by atoms with Crippen molar-refractivity contribution in [2.75, 3.05) is 13.7 Å². The van der Waals surface area contributed by atoms with Crippen LogP contribution in [0, 0.1) is 0 Å². The number of ether oxygens (including phenoxy) is 3. The van der Waals surface area contributed by atoms with Gasteiger partial charge in [-0.1, -0.05) is 30.3 Å². The Morgan fingerprint density at radius 3 is 2.46 bits per heavy atom. The highest BCUT2D eigenvalue weighted by atomic mass is 16.6. The summed E-state index contributed by atoms with van der Waals surface area (Å²) in [6.07, 6.45) is -0.375. The van der Waals surface area contributed by atoms with Crippen molar-refractivity contribution in [1.29, 1.82) is 0 Å². The first-order valence-electron chi connectivity index (χ1n) is 8.05. The maximum absolute atomic E-state index is 12.4. The van der Waals surface area contributed by atoms with Gasteiger partial charge in [-0.15, -0.1) is 0 Å². The van der Waals surface area contributed by atoms with E-state index in [2.05, 4.69) is 0 Å². The number of esters is 1. The van der Waals surface area contributed by atoms with E-state index >= 15 is 0 Å². The number of carbonyl (C=O) groups excluding carboxylic acids is 2. The van der Waals surface area contributed by atoms with Crippen molar-refractivity contribution >= 4 is 12.1 Å². The number of rotatable bonds is 4. The number of amides is 1. The van der Waals surface area contributed by atoms with Crippen LogP contribution in [-0.4, -0.2) is 48.4 Å². The van der Waals surface area contributed by atoms with Gasteiger partial charge in [0.15, 0.2) is 6.04 Å². The molecule has 6 heteroatoms. The van der Waals surface area contributed by atoms with E-state index < -0.39 is 29.8 Å². The van der Waals surface area contributed by atoms with Crippen LogP contribution in [0.5, 0.6) is 0 Å². The Balaban J connectivity index is 2.06. The Bertz CT molecular complexity index is 567. The molecule has 6 nitrogen and oxygen atoms in total. The van der Waals surface area contributed by atoms with Gasteiger partial charge in [-0.25, -0.2) is 9.59 Å². The molecule has 0 aromatic heterocycles. The van der Waals surface area contributed by atoms with Crippen molar-refractivity contribution < 1.29 is 23.8 Å². The minimum absolute atomic E-state index is 0.376. The summed E-state index contributed by atoms with van der Waals surface area (Å²) in [5, 5.41) is 0. The van der Waals surface area contributed by atoms with Gasteiger partial charge in [-0.05, 0) is 32.8 Å². The van der Waals surface area contributed by atoms with Crippen LogP contribution in [0.25, 0.3) is 0 Å². The van der Waals surface area contributed by atoms with Crippen molar-refractivity contribution in [3.05, 3.63) is 35.9 Å². The summed E-state index contributed by atoms with van der Waals surface area (Å²) in [5.41, 5.74) is 0.387. The second kappa shape index (κ2) is 7.66. The fourth-order valence-electron chi connectivity index (χ4n) is 2.64. The number of likely N-dealkylation sites (tertiary alicyclic amines) is 1. The highest BCUT2D eigenvalue weighted by Gasteiger charge is 2.45. The summed E-state index contributed by atoms with van der Waals surface area (Å²) in [6, 6.07) is 8.91. The lowest BCUT2D eigenvalue weighted by atomic mass is 10.1. The van der Waals surface area contributed by atoms with E-state index in [0.717, 1.165) is 5.56 Å². The molecule has 0 radical (unpaired) electrons. The summed E-state index contributed by atoms with van der Waals surface area (Å²) in [5.74, 6) is -0.489. The second-order valence-corrected chi connectivity index (χ2v) is 6.77. The molecule has 132 valence electrons. The summed E-state index contributed by atoms with van der Waals surface area (Å²) in [6.45, 7) is 6.14. The van der Waals surface area contributed by atoms with Crippen LogP contribution in [0.4, 0.5) is 4.79 Å². The van der Waals surface area contributed by atoms with Crippen LogP contribution in [0.2, 0.25) is 0 Å². The van der Waals surface area contributed by atoms with E-state index in [1.807, 2.05) is 30.3 Å². The Hall–Kier alpha value is -2.08. The van der Waals surface area contributed by atoms with Crippen molar-refractivity contribution in [1.82, 2.24) is 4.90 Å². The molecule has 1 aromatic rings. The predicted molar refractivity (Wildman–Crippen MR) is 88.4 cm³/mol. The SMILES string of the molecule is COC(=O)C1C(OCc2ccccc2)CCN1C(=O)OC(C)(C)C. The minimum atomic E-state index is -0.784. The van der Waals surface area contributed by atoms with Gasteiger partial charge < -0.3 is 14.2 Å².